The molecular formula is C12H22N2O3. The number of carbonyl (C=O) groups excluding carboxylic acids is 2. The van der Waals surface area contributed by atoms with Gasteiger partial charge < -0.3 is 10.5 Å². The van der Waals surface area contributed by atoms with E-state index >= 15 is 0 Å². The van der Waals surface area contributed by atoms with Gasteiger partial charge in [0.15, 0.2) is 0 Å². The lowest BCUT2D eigenvalue weighted by Crippen LogP contribution is -2.46. The second-order valence-electron chi connectivity index (χ2n) is 5.51. The molecule has 17 heavy (non-hydrogen) atoms. The number of primary amides is 1. The lowest BCUT2D eigenvalue weighted by molar-refractivity contribution is -0.119. The van der Waals surface area contributed by atoms with E-state index in [1.807, 2.05) is 20.8 Å². The van der Waals surface area contributed by atoms with E-state index in [-0.39, 0.29) is 12.6 Å². The van der Waals surface area contributed by atoms with Crippen LogP contribution in [0.2, 0.25) is 0 Å². The van der Waals surface area contributed by atoms with Gasteiger partial charge in [-0.15, -0.1) is 0 Å². The molecule has 0 radical (unpaired) electrons. The number of rotatable bonds is 3. The Balaban J connectivity index is 2.67. The van der Waals surface area contributed by atoms with Crippen LogP contribution in [0.4, 0.5) is 4.79 Å². The van der Waals surface area contributed by atoms with Gasteiger partial charge in [-0.1, -0.05) is 12.8 Å². The average molecular weight is 242 g/mol. The molecule has 1 rings (SSSR count). The zero-order valence-corrected chi connectivity index (χ0v) is 10.9. The monoisotopic (exact) mass is 242 g/mol. The topological polar surface area (TPSA) is 72.6 Å². The lowest BCUT2D eigenvalue weighted by Gasteiger charge is -2.30. The highest BCUT2D eigenvalue weighted by Gasteiger charge is 2.31. The smallest absolute Gasteiger partial charge is 0.411 e. The van der Waals surface area contributed by atoms with E-state index in [0.29, 0.717) is 0 Å². The van der Waals surface area contributed by atoms with Gasteiger partial charge in [0.2, 0.25) is 5.91 Å². The quantitative estimate of drug-likeness (QED) is 0.817. The van der Waals surface area contributed by atoms with E-state index in [1.165, 1.54) is 4.90 Å². The van der Waals surface area contributed by atoms with Crippen molar-refractivity contribution < 1.29 is 14.3 Å². The van der Waals surface area contributed by atoms with Gasteiger partial charge in [0, 0.05) is 6.04 Å². The molecule has 5 nitrogen and oxygen atoms in total. The van der Waals surface area contributed by atoms with Gasteiger partial charge in [-0.3, -0.25) is 9.69 Å². The maximum Gasteiger partial charge on any atom is 0.411 e. The largest absolute Gasteiger partial charge is 0.444 e. The molecule has 0 bridgehead atoms. The Labute approximate surface area is 102 Å². The van der Waals surface area contributed by atoms with Crippen molar-refractivity contribution in [2.45, 2.75) is 58.1 Å². The Kier molecular flexibility index (Phi) is 4.37. The molecule has 0 aromatic rings. The highest BCUT2D eigenvalue weighted by atomic mass is 16.6. The molecule has 2 amide bonds. The van der Waals surface area contributed by atoms with E-state index in [9.17, 15) is 9.59 Å². The lowest BCUT2D eigenvalue weighted by atomic mass is 10.2. The summed E-state index contributed by atoms with van der Waals surface area (Å²) in [5, 5.41) is 0. The van der Waals surface area contributed by atoms with Crippen LogP contribution >= 0.6 is 0 Å². The molecule has 1 saturated carbocycles. The molecule has 0 atom stereocenters. The third-order valence-electron chi connectivity index (χ3n) is 2.72. The predicted molar refractivity (Wildman–Crippen MR) is 64.4 cm³/mol. The molecule has 0 unspecified atom stereocenters. The fraction of sp³-hybridized carbons (Fsp3) is 0.833. The molecule has 98 valence electrons. The highest BCUT2D eigenvalue weighted by molar-refractivity contribution is 5.81. The van der Waals surface area contributed by atoms with Gasteiger partial charge in [-0.25, -0.2) is 4.79 Å². The Morgan fingerprint density at radius 2 is 1.82 bits per heavy atom. The number of hydrogen-bond acceptors (Lipinski definition) is 3. The van der Waals surface area contributed by atoms with Gasteiger partial charge >= 0.3 is 6.09 Å². The van der Waals surface area contributed by atoms with Crippen molar-refractivity contribution in [3.8, 4) is 0 Å². The molecule has 0 aromatic heterocycles. The Morgan fingerprint density at radius 1 is 1.29 bits per heavy atom. The van der Waals surface area contributed by atoms with Gasteiger partial charge in [0.25, 0.3) is 0 Å². The minimum atomic E-state index is -0.550. The molecular weight excluding hydrogens is 220 g/mol. The zero-order valence-electron chi connectivity index (χ0n) is 10.9. The first-order valence-corrected chi connectivity index (χ1v) is 6.07. The van der Waals surface area contributed by atoms with Gasteiger partial charge in [0.05, 0.1) is 0 Å². The number of nitrogens with zero attached hydrogens (tertiary/aromatic N) is 1. The molecule has 1 aliphatic carbocycles. The minimum absolute atomic E-state index is 0.0560. The van der Waals surface area contributed by atoms with E-state index in [2.05, 4.69) is 0 Å². The molecule has 0 saturated heterocycles. The van der Waals surface area contributed by atoms with E-state index in [1.54, 1.807) is 0 Å². The SMILES string of the molecule is CC(C)(C)OC(=O)N(CC(N)=O)C1CCCC1. The van der Waals surface area contributed by atoms with E-state index in [4.69, 9.17) is 10.5 Å². The molecule has 0 aliphatic heterocycles. The first-order chi connectivity index (χ1) is 7.79. The number of amides is 2. The van der Waals surface area contributed by atoms with Crippen LogP contribution in [0.15, 0.2) is 0 Å². The standard InChI is InChI=1S/C12H22N2O3/c1-12(2,3)17-11(16)14(8-10(13)15)9-6-4-5-7-9/h9H,4-8H2,1-3H3,(H2,13,15). The molecule has 0 heterocycles. The Hall–Kier alpha value is -1.26. The summed E-state index contributed by atoms with van der Waals surface area (Å²) in [6, 6.07) is 0.0948. The summed E-state index contributed by atoms with van der Waals surface area (Å²) in [6.07, 6.45) is 3.58. The van der Waals surface area contributed by atoms with Gasteiger partial charge in [-0.05, 0) is 33.6 Å². The number of nitrogens with two attached hydrogens (primary N) is 1. The van der Waals surface area contributed by atoms with Crippen molar-refractivity contribution >= 4 is 12.0 Å². The second-order valence-corrected chi connectivity index (χ2v) is 5.51. The van der Waals surface area contributed by atoms with Crippen LogP contribution in [0, 0.1) is 0 Å². The van der Waals surface area contributed by atoms with Crippen LogP contribution in [0.5, 0.6) is 0 Å². The van der Waals surface area contributed by atoms with Crippen LogP contribution in [0.3, 0.4) is 0 Å². The Bertz CT molecular complexity index is 291. The molecule has 0 spiro atoms. The first-order valence-electron chi connectivity index (χ1n) is 6.07. The van der Waals surface area contributed by atoms with Crippen molar-refractivity contribution in [3.05, 3.63) is 0 Å². The normalized spacial score (nSPS) is 16.9. The van der Waals surface area contributed by atoms with Crippen LogP contribution in [-0.2, 0) is 9.53 Å². The maximum absolute atomic E-state index is 12.0. The fourth-order valence-corrected chi connectivity index (χ4v) is 2.05. The van der Waals surface area contributed by atoms with Crippen LogP contribution < -0.4 is 5.73 Å². The predicted octanol–water partition coefficient (Wildman–Crippen LogP) is 1.65. The molecule has 1 aliphatic rings. The number of hydrogen-bond donors (Lipinski definition) is 1. The number of ether oxygens (including phenoxy) is 1. The van der Waals surface area contributed by atoms with Gasteiger partial charge in [0.1, 0.15) is 12.1 Å². The first kappa shape index (κ1) is 13.8. The molecule has 1 fully saturated rings. The summed E-state index contributed by atoms with van der Waals surface area (Å²) < 4.78 is 5.29. The van der Waals surface area contributed by atoms with Crippen LogP contribution in [-0.4, -0.2) is 35.1 Å². The second kappa shape index (κ2) is 5.38. The number of carbonyl (C=O) groups is 2. The maximum atomic E-state index is 12.0. The van der Waals surface area contributed by atoms with Crippen molar-refractivity contribution in [1.29, 1.82) is 0 Å². The minimum Gasteiger partial charge on any atom is -0.444 e. The summed E-state index contributed by atoms with van der Waals surface area (Å²) in [7, 11) is 0. The Morgan fingerprint density at radius 3 is 2.24 bits per heavy atom. The van der Waals surface area contributed by atoms with Gasteiger partial charge in [-0.2, -0.15) is 0 Å². The van der Waals surface area contributed by atoms with Crippen molar-refractivity contribution in [3.63, 3.8) is 0 Å². The van der Waals surface area contributed by atoms with Crippen molar-refractivity contribution in [1.82, 2.24) is 4.90 Å². The summed E-state index contributed by atoms with van der Waals surface area (Å²) in [4.78, 5) is 24.5. The van der Waals surface area contributed by atoms with E-state index in [0.717, 1.165) is 25.7 Å². The third kappa shape index (κ3) is 4.63. The zero-order chi connectivity index (χ0) is 13.1. The summed E-state index contributed by atoms with van der Waals surface area (Å²) in [5.74, 6) is -0.497. The van der Waals surface area contributed by atoms with Crippen molar-refractivity contribution in [2.24, 2.45) is 5.73 Å². The average Bonchev–Trinajstić information content (AvgIpc) is 2.63. The van der Waals surface area contributed by atoms with Crippen LogP contribution in [0.1, 0.15) is 46.5 Å². The summed E-state index contributed by atoms with van der Waals surface area (Å²) >= 11 is 0. The van der Waals surface area contributed by atoms with Crippen LogP contribution in [0.25, 0.3) is 0 Å². The highest BCUT2D eigenvalue weighted by Crippen LogP contribution is 2.24. The molecule has 0 aromatic carbocycles. The summed E-state index contributed by atoms with van der Waals surface area (Å²) in [6.45, 7) is 5.37. The van der Waals surface area contributed by atoms with Crippen molar-refractivity contribution in [2.75, 3.05) is 6.54 Å². The molecule has 2 N–H and O–H groups in total. The fourth-order valence-electron chi connectivity index (χ4n) is 2.05. The summed E-state index contributed by atoms with van der Waals surface area (Å²) in [5.41, 5.74) is 4.62. The molecule has 5 heteroatoms. The third-order valence-corrected chi connectivity index (χ3v) is 2.72. The van der Waals surface area contributed by atoms with E-state index < -0.39 is 17.6 Å².